The average molecular weight is 267 g/mol. The van der Waals surface area contributed by atoms with Crippen molar-refractivity contribution in [2.75, 3.05) is 0 Å². The van der Waals surface area contributed by atoms with Crippen LogP contribution in [0.4, 0.5) is 0 Å². The lowest BCUT2D eigenvalue weighted by atomic mass is 10.1. The molecule has 2 nitrogen and oxygen atoms in total. The minimum Gasteiger partial charge on any atom is -0.232 e. The van der Waals surface area contributed by atoms with E-state index in [9.17, 15) is 0 Å². The fourth-order valence-corrected chi connectivity index (χ4v) is 2.65. The minimum atomic E-state index is 0.573. The van der Waals surface area contributed by atoms with Gasteiger partial charge in [-0.1, -0.05) is 18.5 Å². The standard InChI is InChI=1S/C13H15ClN2S/c1-4-5-11-15-12(8(2)13(14)16-11)10-6-7-17-9(10)3/h6-7H,4-5H2,1-3H3. The summed E-state index contributed by atoms with van der Waals surface area (Å²) in [6.45, 7) is 6.20. The Hall–Kier alpha value is -0.930. The van der Waals surface area contributed by atoms with Crippen molar-refractivity contribution in [1.82, 2.24) is 9.97 Å². The molecule has 0 amide bonds. The van der Waals surface area contributed by atoms with Gasteiger partial charge in [-0.25, -0.2) is 9.97 Å². The average Bonchev–Trinajstić information content (AvgIpc) is 2.70. The molecule has 0 aliphatic carbocycles. The second-order valence-electron chi connectivity index (χ2n) is 4.04. The topological polar surface area (TPSA) is 25.8 Å². The summed E-state index contributed by atoms with van der Waals surface area (Å²) >= 11 is 7.91. The van der Waals surface area contributed by atoms with Crippen LogP contribution in [0.15, 0.2) is 11.4 Å². The third-order valence-electron chi connectivity index (χ3n) is 2.72. The molecule has 0 saturated heterocycles. The number of halogens is 1. The van der Waals surface area contributed by atoms with Crippen LogP contribution in [0.2, 0.25) is 5.15 Å². The van der Waals surface area contributed by atoms with Gasteiger partial charge in [0.1, 0.15) is 11.0 Å². The highest BCUT2D eigenvalue weighted by molar-refractivity contribution is 7.10. The van der Waals surface area contributed by atoms with Gasteiger partial charge in [0.25, 0.3) is 0 Å². The van der Waals surface area contributed by atoms with E-state index in [1.54, 1.807) is 11.3 Å². The number of rotatable bonds is 3. The first-order valence-electron chi connectivity index (χ1n) is 5.71. The number of nitrogens with zero attached hydrogens (tertiary/aromatic N) is 2. The Labute approximate surface area is 111 Å². The van der Waals surface area contributed by atoms with Gasteiger partial charge in [-0.15, -0.1) is 11.3 Å². The fraction of sp³-hybridized carbons (Fsp3) is 0.385. The van der Waals surface area contributed by atoms with E-state index < -0.39 is 0 Å². The molecule has 0 unspecified atom stereocenters. The van der Waals surface area contributed by atoms with Gasteiger partial charge in [0, 0.05) is 22.4 Å². The smallest absolute Gasteiger partial charge is 0.136 e. The van der Waals surface area contributed by atoms with Crippen LogP contribution < -0.4 is 0 Å². The predicted octanol–water partition coefficient (Wildman–Crippen LogP) is 4.43. The summed E-state index contributed by atoms with van der Waals surface area (Å²) in [6, 6.07) is 2.10. The minimum absolute atomic E-state index is 0.573. The summed E-state index contributed by atoms with van der Waals surface area (Å²) in [5.41, 5.74) is 3.12. The molecule has 0 aliphatic rings. The van der Waals surface area contributed by atoms with Crippen molar-refractivity contribution in [3.63, 3.8) is 0 Å². The quantitative estimate of drug-likeness (QED) is 0.768. The number of hydrogen-bond donors (Lipinski definition) is 0. The Kier molecular flexibility index (Phi) is 3.79. The van der Waals surface area contributed by atoms with E-state index in [1.807, 2.05) is 6.92 Å². The Morgan fingerprint density at radius 2 is 2.06 bits per heavy atom. The van der Waals surface area contributed by atoms with Crippen LogP contribution in [0.5, 0.6) is 0 Å². The lowest BCUT2D eigenvalue weighted by molar-refractivity contribution is 0.833. The van der Waals surface area contributed by atoms with Crippen molar-refractivity contribution in [2.24, 2.45) is 0 Å². The van der Waals surface area contributed by atoms with E-state index in [2.05, 4.69) is 35.3 Å². The second-order valence-corrected chi connectivity index (χ2v) is 5.52. The van der Waals surface area contributed by atoms with E-state index in [4.69, 9.17) is 11.6 Å². The Bertz CT molecular complexity index is 534. The molecule has 4 heteroatoms. The number of hydrogen-bond acceptors (Lipinski definition) is 3. The highest BCUT2D eigenvalue weighted by Gasteiger charge is 2.13. The molecule has 0 radical (unpaired) electrons. The lowest BCUT2D eigenvalue weighted by Gasteiger charge is -2.08. The van der Waals surface area contributed by atoms with E-state index >= 15 is 0 Å². The van der Waals surface area contributed by atoms with Crippen molar-refractivity contribution in [3.05, 3.63) is 32.9 Å². The van der Waals surface area contributed by atoms with Crippen LogP contribution in [0.25, 0.3) is 11.3 Å². The largest absolute Gasteiger partial charge is 0.232 e. The van der Waals surface area contributed by atoms with Crippen LogP contribution in [0.3, 0.4) is 0 Å². The van der Waals surface area contributed by atoms with Crippen LogP contribution in [0, 0.1) is 13.8 Å². The first-order chi connectivity index (χ1) is 8.13. The summed E-state index contributed by atoms with van der Waals surface area (Å²) in [7, 11) is 0. The maximum Gasteiger partial charge on any atom is 0.136 e. The van der Waals surface area contributed by atoms with E-state index in [-0.39, 0.29) is 0 Å². The Balaban J connectivity index is 2.56. The molecule has 0 bridgehead atoms. The number of aromatic nitrogens is 2. The van der Waals surface area contributed by atoms with Gasteiger partial charge in [-0.3, -0.25) is 0 Å². The van der Waals surface area contributed by atoms with E-state index in [0.29, 0.717) is 5.15 Å². The molecular formula is C13H15ClN2S. The zero-order valence-corrected chi connectivity index (χ0v) is 11.8. The van der Waals surface area contributed by atoms with Crippen LogP contribution >= 0.6 is 22.9 Å². The SMILES string of the molecule is CCCc1nc(Cl)c(C)c(-c2ccsc2C)n1. The van der Waals surface area contributed by atoms with Gasteiger partial charge in [-0.05, 0) is 31.7 Å². The molecule has 2 aromatic heterocycles. The summed E-state index contributed by atoms with van der Waals surface area (Å²) in [5, 5.41) is 2.66. The molecule has 0 spiro atoms. The molecular weight excluding hydrogens is 252 g/mol. The zero-order chi connectivity index (χ0) is 12.4. The highest BCUT2D eigenvalue weighted by Crippen LogP contribution is 2.31. The summed E-state index contributed by atoms with van der Waals surface area (Å²) in [5.74, 6) is 0.837. The van der Waals surface area contributed by atoms with Crippen molar-refractivity contribution < 1.29 is 0 Å². The van der Waals surface area contributed by atoms with E-state index in [1.165, 1.54) is 10.4 Å². The van der Waals surface area contributed by atoms with E-state index in [0.717, 1.165) is 29.9 Å². The Morgan fingerprint density at radius 1 is 1.29 bits per heavy atom. The van der Waals surface area contributed by atoms with Crippen molar-refractivity contribution in [2.45, 2.75) is 33.6 Å². The highest BCUT2D eigenvalue weighted by atomic mass is 35.5. The molecule has 0 atom stereocenters. The van der Waals surface area contributed by atoms with Gasteiger partial charge >= 0.3 is 0 Å². The third kappa shape index (κ3) is 2.50. The van der Waals surface area contributed by atoms with Crippen LogP contribution in [0.1, 0.15) is 29.6 Å². The maximum atomic E-state index is 6.18. The summed E-state index contributed by atoms with van der Waals surface area (Å²) < 4.78 is 0. The first-order valence-corrected chi connectivity index (χ1v) is 6.96. The molecule has 0 aliphatic heterocycles. The van der Waals surface area contributed by atoms with Gasteiger partial charge in [0.05, 0.1) is 5.69 Å². The fourth-order valence-electron chi connectivity index (χ4n) is 1.76. The number of thiophene rings is 1. The predicted molar refractivity (Wildman–Crippen MR) is 73.8 cm³/mol. The second kappa shape index (κ2) is 5.15. The normalized spacial score (nSPS) is 10.8. The zero-order valence-electron chi connectivity index (χ0n) is 10.2. The molecule has 0 N–H and O–H groups in total. The molecule has 90 valence electrons. The Morgan fingerprint density at radius 3 is 2.65 bits per heavy atom. The van der Waals surface area contributed by atoms with Crippen LogP contribution in [-0.4, -0.2) is 9.97 Å². The van der Waals surface area contributed by atoms with Gasteiger partial charge in [-0.2, -0.15) is 0 Å². The third-order valence-corrected chi connectivity index (χ3v) is 3.93. The maximum absolute atomic E-state index is 6.18. The molecule has 0 fully saturated rings. The molecule has 0 saturated carbocycles. The van der Waals surface area contributed by atoms with Crippen molar-refractivity contribution >= 4 is 22.9 Å². The van der Waals surface area contributed by atoms with Crippen LogP contribution in [-0.2, 0) is 6.42 Å². The van der Waals surface area contributed by atoms with Crippen molar-refractivity contribution in [1.29, 1.82) is 0 Å². The molecule has 2 rings (SSSR count). The molecule has 0 aromatic carbocycles. The lowest BCUT2D eigenvalue weighted by Crippen LogP contribution is -2.00. The molecule has 2 heterocycles. The molecule has 17 heavy (non-hydrogen) atoms. The van der Waals surface area contributed by atoms with Crippen molar-refractivity contribution in [3.8, 4) is 11.3 Å². The summed E-state index contributed by atoms with van der Waals surface area (Å²) in [4.78, 5) is 10.2. The molecule has 2 aromatic rings. The van der Waals surface area contributed by atoms with Gasteiger partial charge in [0.15, 0.2) is 0 Å². The van der Waals surface area contributed by atoms with Gasteiger partial charge in [0.2, 0.25) is 0 Å². The summed E-state index contributed by atoms with van der Waals surface area (Å²) in [6.07, 6.45) is 1.90. The monoisotopic (exact) mass is 266 g/mol. The van der Waals surface area contributed by atoms with Gasteiger partial charge < -0.3 is 0 Å². The number of aryl methyl sites for hydroxylation is 2. The first kappa shape index (κ1) is 12.5.